The topological polar surface area (TPSA) is 29.1 Å². The summed E-state index contributed by atoms with van der Waals surface area (Å²) in [7, 11) is 0. The van der Waals surface area contributed by atoms with Gasteiger partial charge in [-0.05, 0) is 42.3 Å². The number of hydrogen-bond acceptors (Lipinski definition) is 1. The van der Waals surface area contributed by atoms with Crippen molar-refractivity contribution in [2.45, 2.75) is 12.8 Å². The summed E-state index contributed by atoms with van der Waals surface area (Å²) >= 11 is 11.7. The molecule has 0 spiro atoms. The van der Waals surface area contributed by atoms with Gasteiger partial charge in [-0.1, -0.05) is 41.4 Å². The van der Waals surface area contributed by atoms with Crippen LogP contribution < -0.4 is 5.32 Å². The highest BCUT2D eigenvalue weighted by molar-refractivity contribution is 6.31. The molecule has 0 saturated carbocycles. The first kappa shape index (κ1) is 13.9. The van der Waals surface area contributed by atoms with Crippen LogP contribution >= 0.6 is 23.2 Å². The standard InChI is InChI=1S/C15H13Cl2NO/c16-12-4-1-3-11(9-12)7-8-15(19)18-14-6-2-5-13(17)10-14/h1-6,9-10H,7-8H2,(H,18,19). The Hall–Kier alpha value is -1.51. The van der Waals surface area contributed by atoms with Crippen LogP contribution in [0, 0.1) is 0 Å². The van der Waals surface area contributed by atoms with Crippen LogP contribution in [-0.2, 0) is 11.2 Å². The number of aryl methyl sites for hydroxylation is 1. The van der Waals surface area contributed by atoms with Crippen molar-refractivity contribution in [2.75, 3.05) is 5.32 Å². The van der Waals surface area contributed by atoms with Crippen LogP contribution in [0.25, 0.3) is 0 Å². The minimum atomic E-state index is -0.0396. The van der Waals surface area contributed by atoms with E-state index in [4.69, 9.17) is 23.2 Å². The molecule has 0 aliphatic heterocycles. The average molecular weight is 294 g/mol. The molecule has 0 saturated heterocycles. The number of benzene rings is 2. The second kappa shape index (κ2) is 6.60. The zero-order valence-electron chi connectivity index (χ0n) is 10.2. The predicted molar refractivity (Wildman–Crippen MR) is 79.9 cm³/mol. The van der Waals surface area contributed by atoms with Crippen LogP contribution in [-0.4, -0.2) is 5.91 Å². The van der Waals surface area contributed by atoms with Gasteiger partial charge in [-0.25, -0.2) is 0 Å². The molecule has 0 aromatic heterocycles. The van der Waals surface area contributed by atoms with E-state index in [1.807, 2.05) is 30.3 Å². The summed E-state index contributed by atoms with van der Waals surface area (Å²) in [6.07, 6.45) is 1.07. The molecule has 0 heterocycles. The van der Waals surface area contributed by atoms with Crippen LogP contribution in [0.3, 0.4) is 0 Å². The highest BCUT2D eigenvalue weighted by atomic mass is 35.5. The highest BCUT2D eigenvalue weighted by Crippen LogP contribution is 2.16. The summed E-state index contributed by atoms with van der Waals surface area (Å²) in [6, 6.07) is 14.6. The Morgan fingerprint density at radius 2 is 1.68 bits per heavy atom. The van der Waals surface area contributed by atoms with Crippen molar-refractivity contribution in [3.05, 3.63) is 64.1 Å². The molecule has 98 valence electrons. The van der Waals surface area contributed by atoms with Crippen molar-refractivity contribution in [1.82, 2.24) is 0 Å². The molecule has 1 N–H and O–H groups in total. The van der Waals surface area contributed by atoms with Crippen LogP contribution in [0.4, 0.5) is 5.69 Å². The van der Waals surface area contributed by atoms with Gasteiger partial charge in [0, 0.05) is 22.2 Å². The number of carbonyl (C=O) groups is 1. The Bertz CT molecular complexity index is 584. The quantitative estimate of drug-likeness (QED) is 0.879. The predicted octanol–water partition coefficient (Wildman–Crippen LogP) is 4.56. The molecular weight excluding hydrogens is 281 g/mol. The first-order valence-corrected chi connectivity index (χ1v) is 6.69. The lowest BCUT2D eigenvalue weighted by Gasteiger charge is -2.06. The van der Waals surface area contributed by atoms with Gasteiger partial charge in [0.25, 0.3) is 0 Å². The zero-order chi connectivity index (χ0) is 13.7. The maximum atomic E-state index is 11.8. The Morgan fingerprint density at radius 3 is 2.37 bits per heavy atom. The van der Waals surface area contributed by atoms with E-state index >= 15 is 0 Å². The molecule has 19 heavy (non-hydrogen) atoms. The van der Waals surface area contributed by atoms with Gasteiger partial charge < -0.3 is 5.32 Å². The average Bonchev–Trinajstić information content (AvgIpc) is 2.36. The van der Waals surface area contributed by atoms with Gasteiger partial charge in [0.15, 0.2) is 0 Å². The largest absolute Gasteiger partial charge is 0.326 e. The molecule has 0 bridgehead atoms. The van der Waals surface area contributed by atoms with Gasteiger partial charge in [0.1, 0.15) is 0 Å². The molecule has 2 aromatic carbocycles. The van der Waals surface area contributed by atoms with Crippen molar-refractivity contribution < 1.29 is 4.79 Å². The monoisotopic (exact) mass is 293 g/mol. The summed E-state index contributed by atoms with van der Waals surface area (Å²) in [5.41, 5.74) is 1.76. The molecule has 2 aromatic rings. The molecule has 0 atom stereocenters. The highest BCUT2D eigenvalue weighted by Gasteiger charge is 2.04. The third-order valence-corrected chi connectivity index (χ3v) is 3.11. The lowest BCUT2D eigenvalue weighted by atomic mass is 10.1. The van der Waals surface area contributed by atoms with E-state index in [-0.39, 0.29) is 5.91 Å². The van der Waals surface area contributed by atoms with Crippen LogP contribution in [0.2, 0.25) is 10.0 Å². The normalized spacial score (nSPS) is 10.2. The van der Waals surface area contributed by atoms with Gasteiger partial charge >= 0.3 is 0 Å². The minimum Gasteiger partial charge on any atom is -0.326 e. The number of halogens is 2. The van der Waals surface area contributed by atoms with Crippen molar-refractivity contribution in [2.24, 2.45) is 0 Å². The van der Waals surface area contributed by atoms with E-state index in [1.54, 1.807) is 18.2 Å². The van der Waals surface area contributed by atoms with E-state index in [0.29, 0.717) is 28.6 Å². The fraction of sp³-hybridized carbons (Fsp3) is 0.133. The molecule has 0 aliphatic carbocycles. The number of anilines is 1. The van der Waals surface area contributed by atoms with Gasteiger partial charge in [-0.15, -0.1) is 0 Å². The number of nitrogens with one attached hydrogen (secondary N) is 1. The molecule has 4 heteroatoms. The number of rotatable bonds is 4. The molecule has 2 rings (SSSR count). The third-order valence-electron chi connectivity index (χ3n) is 2.64. The maximum Gasteiger partial charge on any atom is 0.224 e. The Morgan fingerprint density at radius 1 is 1.00 bits per heavy atom. The van der Waals surface area contributed by atoms with E-state index in [1.165, 1.54) is 0 Å². The smallest absolute Gasteiger partial charge is 0.224 e. The van der Waals surface area contributed by atoms with Crippen LogP contribution in [0.15, 0.2) is 48.5 Å². The first-order chi connectivity index (χ1) is 9.13. The van der Waals surface area contributed by atoms with Crippen molar-refractivity contribution in [3.63, 3.8) is 0 Å². The lowest BCUT2D eigenvalue weighted by molar-refractivity contribution is -0.116. The van der Waals surface area contributed by atoms with Crippen LogP contribution in [0.5, 0.6) is 0 Å². The fourth-order valence-electron chi connectivity index (χ4n) is 1.74. The van der Waals surface area contributed by atoms with E-state index in [9.17, 15) is 4.79 Å². The van der Waals surface area contributed by atoms with E-state index in [0.717, 1.165) is 5.56 Å². The van der Waals surface area contributed by atoms with Gasteiger partial charge in [0.2, 0.25) is 5.91 Å². The Balaban J connectivity index is 1.88. The Labute approximate surface area is 122 Å². The second-order valence-corrected chi connectivity index (χ2v) is 5.06. The van der Waals surface area contributed by atoms with Gasteiger partial charge in [-0.2, -0.15) is 0 Å². The molecule has 0 radical (unpaired) electrons. The van der Waals surface area contributed by atoms with E-state index < -0.39 is 0 Å². The second-order valence-electron chi connectivity index (χ2n) is 4.19. The van der Waals surface area contributed by atoms with Crippen LogP contribution in [0.1, 0.15) is 12.0 Å². The maximum absolute atomic E-state index is 11.8. The zero-order valence-corrected chi connectivity index (χ0v) is 11.7. The van der Waals surface area contributed by atoms with Gasteiger partial charge in [0.05, 0.1) is 0 Å². The molecule has 0 aliphatic rings. The number of hydrogen-bond donors (Lipinski definition) is 1. The summed E-state index contributed by atoms with van der Waals surface area (Å²) in [6.45, 7) is 0. The first-order valence-electron chi connectivity index (χ1n) is 5.93. The fourth-order valence-corrected chi connectivity index (χ4v) is 2.14. The molecule has 2 nitrogen and oxygen atoms in total. The molecular formula is C15H13Cl2NO. The molecule has 0 fully saturated rings. The summed E-state index contributed by atoms with van der Waals surface area (Å²) in [5, 5.41) is 4.10. The van der Waals surface area contributed by atoms with Crippen molar-refractivity contribution in [3.8, 4) is 0 Å². The SMILES string of the molecule is O=C(CCc1cccc(Cl)c1)Nc1cccc(Cl)c1. The summed E-state index contributed by atoms with van der Waals surface area (Å²) in [5.74, 6) is -0.0396. The van der Waals surface area contributed by atoms with Gasteiger partial charge in [-0.3, -0.25) is 4.79 Å². The third kappa shape index (κ3) is 4.58. The Kier molecular flexibility index (Phi) is 4.83. The lowest BCUT2D eigenvalue weighted by Crippen LogP contribution is -2.12. The summed E-state index contributed by atoms with van der Waals surface area (Å²) in [4.78, 5) is 11.8. The summed E-state index contributed by atoms with van der Waals surface area (Å²) < 4.78 is 0. The van der Waals surface area contributed by atoms with E-state index in [2.05, 4.69) is 5.32 Å². The molecule has 0 unspecified atom stereocenters. The number of carbonyl (C=O) groups excluding carboxylic acids is 1. The van der Waals surface area contributed by atoms with Crippen molar-refractivity contribution >= 4 is 34.8 Å². The minimum absolute atomic E-state index is 0.0396. The van der Waals surface area contributed by atoms with Crippen molar-refractivity contribution in [1.29, 1.82) is 0 Å². The molecule has 1 amide bonds. The number of amides is 1.